The number of benzene rings is 1. The van der Waals surface area contributed by atoms with Crippen LogP contribution in [0.25, 0.3) is 0 Å². The number of likely N-dealkylation sites (N-methyl/N-ethyl adjacent to an activating group) is 1. The topological polar surface area (TPSA) is 52.6 Å². The molecule has 1 aliphatic rings. The zero-order valence-corrected chi connectivity index (χ0v) is 14.6. The van der Waals surface area contributed by atoms with Crippen LogP contribution in [0.2, 0.25) is 0 Å². The van der Waals surface area contributed by atoms with Gasteiger partial charge in [0.15, 0.2) is 0 Å². The summed E-state index contributed by atoms with van der Waals surface area (Å²) in [6.45, 7) is 2.95. The molecule has 3 atom stereocenters. The Morgan fingerprint density at radius 1 is 1.39 bits per heavy atom. The minimum absolute atomic E-state index is 0.0467. The molecule has 0 bridgehead atoms. The maximum absolute atomic E-state index is 12.2. The van der Waals surface area contributed by atoms with Crippen molar-refractivity contribution >= 4 is 5.91 Å². The van der Waals surface area contributed by atoms with Gasteiger partial charge in [0.1, 0.15) is 0 Å². The van der Waals surface area contributed by atoms with Gasteiger partial charge in [-0.3, -0.25) is 4.79 Å². The van der Waals surface area contributed by atoms with Crippen molar-refractivity contribution in [3.63, 3.8) is 0 Å². The van der Waals surface area contributed by atoms with Crippen molar-refractivity contribution in [2.75, 3.05) is 20.6 Å². The molecule has 3 unspecified atom stereocenters. The van der Waals surface area contributed by atoms with Gasteiger partial charge >= 0.3 is 0 Å². The molecule has 0 saturated heterocycles. The van der Waals surface area contributed by atoms with Crippen LogP contribution in [0.5, 0.6) is 0 Å². The molecule has 0 spiro atoms. The van der Waals surface area contributed by atoms with Gasteiger partial charge in [-0.2, -0.15) is 0 Å². The van der Waals surface area contributed by atoms with E-state index in [9.17, 15) is 9.90 Å². The molecular formula is C19H30N2O2. The lowest BCUT2D eigenvalue weighted by Gasteiger charge is -2.45. The van der Waals surface area contributed by atoms with Crippen molar-refractivity contribution in [2.24, 2.45) is 5.92 Å². The molecule has 1 aliphatic carbocycles. The van der Waals surface area contributed by atoms with Gasteiger partial charge in [-0.1, -0.05) is 50.1 Å². The van der Waals surface area contributed by atoms with E-state index in [0.29, 0.717) is 12.5 Å². The summed E-state index contributed by atoms with van der Waals surface area (Å²) >= 11 is 0. The van der Waals surface area contributed by atoms with E-state index < -0.39 is 6.10 Å². The van der Waals surface area contributed by atoms with Gasteiger partial charge in [0, 0.05) is 12.1 Å². The summed E-state index contributed by atoms with van der Waals surface area (Å²) in [4.78, 5) is 14.5. The first kappa shape index (κ1) is 18.0. The Balaban J connectivity index is 1.89. The minimum atomic E-state index is -0.739. The summed E-state index contributed by atoms with van der Waals surface area (Å²) in [5.41, 5.74) is 0.835. The molecule has 4 nitrogen and oxygen atoms in total. The Hall–Kier alpha value is -1.39. The summed E-state index contributed by atoms with van der Waals surface area (Å²) in [5.74, 6) is 0.610. The summed E-state index contributed by atoms with van der Waals surface area (Å²) in [5, 5.41) is 13.2. The highest BCUT2D eigenvalue weighted by Crippen LogP contribution is 2.35. The Kier molecular flexibility index (Phi) is 6.19. The van der Waals surface area contributed by atoms with E-state index in [-0.39, 0.29) is 17.9 Å². The van der Waals surface area contributed by atoms with Crippen molar-refractivity contribution in [2.45, 2.75) is 50.7 Å². The van der Waals surface area contributed by atoms with Crippen molar-refractivity contribution in [1.29, 1.82) is 0 Å². The first-order valence-electron chi connectivity index (χ1n) is 8.60. The van der Waals surface area contributed by atoms with Crippen LogP contribution in [-0.2, 0) is 4.79 Å². The summed E-state index contributed by atoms with van der Waals surface area (Å²) in [7, 11) is 4.20. The SMILES string of the molecule is CC1CCCC(CNC(=O)CC(O)c2ccccc2)(N(C)C)C1. The maximum atomic E-state index is 12.2. The second-order valence-electron chi connectivity index (χ2n) is 7.23. The number of aliphatic hydroxyl groups excluding tert-OH is 1. The Bertz CT molecular complexity index is 503. The quantitative estimate of drug-likeness (QED) is 0.848. The van der Waals surface area contributed by atoms with Crippen LogP contribution in [-0.4, -0.2) is 42.1 Å². The van der Waals surface area contributed by atoms with E-state index in [4.69, 9.17) is 0 Å². The average Bonchev–Trinajstić information content (AvgIpc) is 2.53. The second-order valence-corrected chi connectivity index (χ2v) is 7.23. The molecule has 0 aliphatic heterocycles. The molecule has 1 aromatic carbocycles. The predicted molar refractivity (Wildman–Crippen MR) is 93.1 cm³/mol. The van der Waals surface area contributed by atoms with Gasteiger partial charge in [-0.25, -0.2) is 0 Å². The first-order valence-corrected chi connectivity index (χ1v) is 8.60. The Morgan fingerprint density at radius 3 is 2.70 bits per heavy atom. The molecule has 23 heavy (non-hydrogen) atoms. The van der Waals surface area contributed by atoms with Gasteiger partial charge < -0.3 is 15.3 Å². The van der Waals surface area contributed by atoms with E-state index in [1.165, 1.54) is 12.8 Å². The molecule has 4 heteroatoms. The Labute approximate surface area is 139 Å². The number of nitrogens with one attached hydrogen (secondary N) is 1. The number of rotatable bonds is 6. The van der Waals surface area contributed by atoms with Crippen LogP contribution in [0.3, 0.4) is 0 Å². The minimum Gasteiger partial charge on any atom is -0.388 e. The van der Waals surface area contributed by atoms with Crippen LogP contribution in [0.4, 0.5) is 0 Å². The van der Waals surface area contributed by atoms with E-state index in [2.05, 4.69) is 31.2 Å². The van der Waals surface area contributed by atoms with Gasteiger partial charge in [0.25, 0.3) is 0 Å². The van der Waals surface area contributed by atoms with Crippen LogP contribution < -0.4 is 5.32 Å². The molecule has 1 saturated carbocycles. The second kappa shape index (κ2) is 7.93. The Morgan fingerprint density at radius 2 is 2.09 bits per heavy atom. The normalized spacial score (nSPS) is 26.0. The van der Waals surface area contributed by atoms with Crippen LogP contribution in [0.1, 0.15) is 50.7 Å². The molecule has 1 fully saturated rings. The molecule has 1 aromatic rings. The smallest absolute Gasteiger partial charge is 0.223 e. The highest BCUT2D eigenvalue weighted by molar-refractivity contribution is 5.76. The number of nitrogens with zero attached hydrogens (tertiary/aromatic N) is 1. The standard InChI is InChI=1S/C19H30N2O2/c1-15-8-7-11-19(13-15,21(2)3)14-20-18(23)12-17(22)16-9-5-4-6-10-16/h4-6,9-10,15,17,22H,7-8,11-14H2,1-3H3,(H,20,23). The monoisotopic (exact) mass is 318 g/mol. The van der Waals surface area contributed by atoms with Crippen molar-refractivity contribution in [3.05, 3.63) is 35.9 Å². The number of aliphatic hydroxyl groups is 1. The fourth-order valence-electron chi connectivity index (χ4n) is 3.66. The number of hydrogen-bond donors (Lipinski definition) is 2. The number of carbonyl (C=O) groups is 1. The van der Waals surface area contributed by atoms with E-state index in [0.717, 1.165) is 18.4 Å². The van der Waals surface area contributed by atoms with Crippen molar-refractivity contribution in [3.8, 4) is 0 Å². The molecule has 0 aromatic heterocycles. The third kappa shape index (κ3) is 4.79. The van der Waals surface area contributed by atoms with E-state index in [1.54, 1.807) is 0 Å². The maximum Gasteiger partial charge on any atom is 0.223 e. The zero-order chi connectivity index (χ0) is 16.9. The summed E-state index contributed by atoms with van der Waals surface area (Å²) < 4.78 is 0. The lowest BCUT2D eigenvalue weighted by atomic mass is 9.75. The zero-order valence-electron chi connectivity index (χ0n) is 14.6. The van der Waals surface area contributed by atoms with Gasteiger partial charge in [-0.15, -0.1) is 0 Å². The fourth-order valence-corrected chi connectivity index (χ4v) is 3.66. The van der Waals surface area contributed by atoms with Gasteiger partial charge in [-0.05, 0) is 38.4 Å². The molecular weight excluding hydrogens is 288 g/mol. The summed E-state index contributed by atoms with van der Waals surface area (Å²) in [6, 6.07) is 9.35. The largest absolute Gasteiger partial charge is 0.388 e. The van der Waals surface area contributed by atoms with E-state index in [1.807, 2.05) is 30.3 Å². The fraction of sp³-hybridized carbons (Fsp3) is 0.632. The van der Waals surface area contributed by atoms with Crippen LogP contribution >= 0.6 is 0 Å². The third-order valence-corrected chi connectivity index (χ3v) is 5.19. The van der Waals surface area contributed by atoms with Crippen LogP contribution in [0.15, 0.2) is 30.3 Å². The number of amides is 1. The van der Waals surface area contributed by atoms with Crippen molar-refractivity contribution < 1.29 is 9.90 Å². The molecule has 2 rings (SSSR count). The first-order chi connectivity index (χ1) is 10.9. The third-order valence-electron chi connectivity index (χ3n) is 5.19. The van der Waals surface area contributed by atoms with Gasteiger partial charge in [0.05, 0.1) is 12.5 Å². The predicted octanol–water partition coefficient (Wildman–Crippen LogP) is 2.74. The summed E-state index contributed by atoms with van der Waals surface area (Å²) in [6.07, 6.45) is 4.09. The average molecular weight is 318 g/mol. The lowest BCUT2D eigenvalue weighted by Crippen LogP contribution is -2.55. The molecule has 128 valence electrons. The highest BCUT2D eigenvalue weighted by atomic mass is 16.3. The molecule has 0 radical (unpaired) electrons. The molecule has 1 amide bonds. The number of carbonyl (C=O) groups excluding carboxylic acids is 1. The highest BCUT2D eigenvalue weighted by Gasteiger charge is 2.37. The molecule has 0 heterocycles. The van der Waals surface area contributed by atoms with E-state index >= 15 is 0 Å². The van der Waals surface area contributed by atoms with Crippen molar-refractivity contribution in [1.82, 2.24) is 10.2 Å². The molecule has 2 N–H and O–H groups in total. The number of hydrogen-bond acceptors (Lipinski definition) is 3. The lowest BCUT2D eigenvalue weighted by molar-refractivity contribution is -0.123. The van der Waals surface area contributed by atoms with Crippen LogP contribution in [0, 0.1) is 5.92 Å². The van der Waals surface area contributed by atoms with Gasteiger partial charge in [0.2, 0.25) is 5.91 Å².